The second kappa shape index (κ2) is 4.79. The predicted molar refractivity (Wildman–Crippen MR) is 59.4 cm³/mol. The quantitative estimate of drug-likeness (QED) is 0.635. The van der Waals surface area contributed by atoms with Crippen LogP contribution < -0.4 is 5.32 Å². The lowest BCUT2D eigenvalue weighted by Gasteiger charge is -2.07. The Kier molecular flexibility index (Phi) is 3.64. The zero-order valence-corrected chi connectivity index (χ0v) is 9.32. The number of nitrogens with one attached hydrogen (secondary N) is 1. The molecule has 0 saturated heterocycles. The fraction of sp³-hybridized carbons (Fsp3) is 0.111. The Morgan fingerprint density at radius 2 is 2.06 bits per heavy atom. The van der Waals surface area contributed by atoms with Gasteiger partial charge in [-0.1, -0.05) is 11.6 Å². The number of amides is 1. The molecule has 1 aromatic rings. The van der Waals surface area contributed by atoms with Crippen LogP contribution in [0.1, 0.15) is 17.3 Å². The highest BCUT2D eigenvalue weighted by atomic mass is 35.5. The number of hydrogen-bond donors (Lipinski definition) is 2. The summed E-state index contributed by atoms with van der Waals surface area (Å²) in [6, 6.07) is 1.83. The van der Waals surface area contributed by atoms with Gasteiger partial charge in [0.2, 0.25) is 5.91 Å². The topological polar surface area (TPSA) is 110 Å². The van der Waals surface area contributed by atoms with E-state index < -0.39 is 28.1 Å². The highest BCUT2D eigenvalue weighted by Crippen LogP contribution is 2.31. The molecule has 1 amide bonds. The van der Waals surface area contributed by atoms with Crippen molar-refractivity contribution in [2.75, 3.05) is 5.32 Å². The zero-order valence-electron chi connectivity index (χ0n) is 8.56. The van der Waals surface area contributed by atoms with Gasteiger partial charge in [-0.2, -0.15) is 0 Å². The maximum absolute atomic E-state index is 10.9. The van der Waals surface area contributed by atoms with E-state index in [0.29, 0.717) is 0 Å². The Bertz CT molecular complexity index is 514. The summed E-state index contributed by atoms with van der Waals surface area (Å²) in [7, 11) is 0. The standard InChI is InChI=1S/C9H7ClN2O5/c1-4(13)11-7-3-6(10)8(12(16)17)2-5(7)9(14)15/h2-3H,1H3,(H,11,13)(H,14,15). The van der Waals surface area contributed by atoms with Crippen molar-refractivity contribution in [1.82, 2.24) is 0 Å². The minimum Gasteiger partial charge on any atom is -0.478 e. The molecule has 0 fully saturated rings. The summed E-state index contributed by atoms with van der Waals surface area (Å²) in [5, 5.41) is 21.4. The van der Waals surface area contributed by atoms with Gasteiger partial charge in [-0.15, -0.1) is 0 Å². The van der Waals surface area contributed by atoms with Crippen molar-refractivity contribution in [2.24, 2.45) is 0 Å². The van der Waals surface area contributed by atoms with Crippen LogP contribution in [0.2, 0.25) is 5.02 Å². The molecular formula is C9H7ClN2O5. The first-order valence-corrected chi connectivity index (χ1v) is 4.69. The Morgan fingerprint density at radius 3 is 2.47 bits per heavy atom. The fourth-order valence-corrected chi connectivity index (χ4v) is 1.40. The van der Waals surface area contributed by atoms with Crippen molar-refractivity contribution in [3.63, 3.8) is 0 Å². The molecule has 0 spiro atoms. The number of rotatable bonds is 3. The average molecular weight is 259 g/mol. The van der Waals surface area contributed by atoms with E-state index in [1.807, 2.05) is 0 Å². The predicted octanol–water partition coefficient (Wildman–Crippen LogP) is 1.90. The monoisotopic (exact) mass is 258 g/mol. The van der Waals surface area contributed by atoms with E-state index in [-0.39, 0.29) is 10.7 Å². The number of carboxylic acids is 1. The Balaban J connectivity index is 3.40. The normalized spacial score (nSPS) is 9.76. The summed E-state index contributed by atoms with van der Waals surface area (Å²) < 4.78 is 0. The van der Waals surface area contributed by atoms with Crippen LogP contribution >= 0.6 is 11.6 Å². The van der Waals surface area contributed by atoms with Crippen LogP contribution in [0.15, 0.2) is 12.1 Å². The Hall–Kier alpha value is -2.15. The number of hydrogen-bond acceptors (Lipinski definition) is 4. The van der Waals surface area contributed by atoms with Crippen molar-refractivity contribution in [1.29, 1.82) is 0 Å². The van der Waals surface area contributed by atoms with Gasteiger partial charge in [0.1, 0.15) is 5.02 Å². The van der Waals surface area contributed by atoms with E-state index in [9.17, 15) is 19.7 Å². The van der Waals surface area contributed by atoms with Crippen LogP contribution in [0.25, 0.3) is 0 Å². The van der Waals surface area contributed by atoms with E-state index in [1.165, 1.54) is 6.92 Å². The SMILES string of the molecule is CC(=O)Nc1cc(Cl)c([N+](=O)[O-])cc1C(=O)O. The lowest BCUT2D eigenvalue weighted by atomic mass is 10.1. The molecule has 1 aromatic carbocycles. The van der Waals surface area contributed by atoms with Gasteiger partial charge in [0.25, 0.3) is 5.69 Å². The Morgan fingerprint density at radius 1 is 1.47 bits per heavy atom. The second-order valence-electron chi connectivity index (χ2n) is 3.09. The van der Waals surface area contributed by atoms with Crippen LogP contribution in [0.4, 0.5) is 11.4 Å². The number of halogens is 1. The summed E-state index contributed by atoms with van der Waals surface area (Å²) in [5.74, 6) is -1.90. The average Bonchev–Trinajstić information content (AvgIpc) is 2.15. The molecule has 0 saturated carbocycles. The summed E-state index contributed by atoms with van der Waals surface area (Å²) >= 11 is 5.60. The van der Waals surface area contributed by atoms with Crippen LogP contribution in [0, 0.1) is 10.1 Å². The van der Waals surface area contributed by atoms with Crippen LogP contribution in [-0.2, 0) is 4.79 Å². The highest BCUT2D eigenvalue weighted by molar-refractivity contribution is 6.33. The van der Waals surface area contributed by atoms with Crippen LogP contribution in [-0.4, -0.2) is 21.9 Å². The summed E-state index contributed by atoms with van der Waals surface area (Å²) in [5.41, 5.74) is -1.00. The third kappa shape index (κ3) is 2.91. The molecule has 0 aliphatic heterocycles. The maximum atomic E-state index is 10.9. The van der Waals surface area contributed by atoms with E-state index in [0.717, 1.165) is 12.1 Å². The third-order valence-corrected chi connectivity index (χ3v) is 2.13. The summed E-state index contributed by atoms with van der Waals surface area (Å²) in [6.07, 6.45) is 0. The smallest absolute Gasteiger partial charge is 0.338 e. The first-order valence-electron chi connectivity index (χ1n) is 4.31. The molecule has 0 heterocycles. The molecule has 0 radical (unpaired) electrons. The molecule has 7 nitrogen and oxygen atoms in total. The molecule has 17 heavy (non-hydrogen) atoms. The Labute approximate surface area is 100 Å². The molecule has 90 valence electrons. The van der Waals surface area contributed by atoms with E-state index in [2.05, 4.69) is 5.32 Å². The van der Waals surface area contributed by atoms with Gasteiger partial charge in [0.15, 0.2) is 0 Å². The van der Waals surface area contributed by atoms with E-state index in [4.69, 9.17) is 16.7 Å². The number of carboxylic acid groups (broad SMARTS) is 1. The highest BCUT2D eigenvalue weighted by Gasteiger charge is 2.20. The largest absolute Gasteiger partial charge is 0.478 e. The number of carbonyl (C=O) groups excluding carboxylic acids is 1. The lowest BCUT2D eigenvalue weighted by molar-refractivity contribution is -0.384. The fourth-order valence-electron chi connectivity index (χ4n) is 1.17. The minimum atomic E-state index is -1.39. The molecular weight excluding hydrogens is 252 g/mol. The van der Waals surface area contributed by atoms with Crippen molar-refractivity contribution >= 4 is 34.9 Å². The summed E-state index contributed by atoms with van der Waals surface area (Å²) in [6.45, 7) is 1.18. The molecule has 0 atom stereocenters. The van der Waals surface area contributed by atoms with Gasteiger partial charge in [-0.3, -0.25) is 14.9 Å². The van der Waals surface area contributed by atoms with E-state index in [1.54, 1.807) is 0 Å². The molecule has 0 unspecified atom stereocenters. The number of carbonyl (C=O) groups is 2. The molecule has 2 N–H and O–H groups in total. The van der Waals surface area contributed by atoms with Gasteiger partial charge < -0.3 is 10.4 Å². The van der Waals surface area contributed by atoms with Crippen LogP contribution in [0.5, 0.6) is 0 Å². The number of nitrogens with zero attached hydrogens (tertiary/aromatic N) is 1. The van der Waals surface area contributed by atoms with Gasteiger partial charge in [-0.05, 0) is 6.07 Å². The van der Waals surface area contributed by atoms with Crippen molar-refractivity contribution in [3.05, 3.63) is 32.8 Å². The summed E-state index contributed by atoms with van der Waals surface area (Å²) in [4.78, 5) is 31.5. The molecule has 0 aliphatic rings. The van der Waals surface area contributed by atoms with E-state index >= 15 is 0 Å². The van der Waals surface area contributed by atoms with Gasteiger partial charge in [-0.25, -0.2) is 4.79 Å². The number of aromatic carboxylic acids is 1. The van der Waals surface area contributed by atoms with Crippen LogP contribution in [0.3, 0.4) is 0 Å². The third-order valence-electron chi connectivity index (χ3n) is 1.82. The molecule has 0 aromatic heterocycles. The zero-order chi connectivity index (χ0) is 13.2. The van der Waals surface area contributed by atoms with Crippen molar-refractivity contribution < 1.29 is 19.6 Å². The lowest BCUT2D eigenvalue weighted by Crippen LogP contribution is -2.11. The first-order chi connectivity index (χ1) is 7.82. The maximum Gasteiger partial charge on any atom is 0.338 e. The second-order valence-corrected chi connectivity index (χ2v) is 3.50. The molecule has 8 heteroatoms. The van der Waals surface area contributed by atoms with Gasteiger partial charge >= 0.3 is 5.97 Å². The number of benzene rings is 1. The van der Waals surface area contributed by atoms with Crippen molar-refractivity contribution in [2.45, 2.75) is 6.92 Å². The van der Waals surface area contributed by atoms with Gasteiger partial charge in [0, 0.05) is 13.0 Å². The number of anilines is 1. The molecule has 1 rings (SSSR count). The molecule has 0 aliphatic carbocycles. The number of nitro benzene ring substituents is 1. The van der Waals surface area contributed by atoms with Gasteiger partial charge in [0.05, 0.1) is 16.2 Å². The number of nitro groups is 1. The first kappa shape index (κ1) is 12.9. The molecule has 0 bridgehead atoms. The minimum absolute atomic E-state index is 0.0828. The van der Waals surface area contributed by atoms with Crippen molar-refractivity contribution in [3.8, 4) is 0 Å².